The van der Waals surface area contributed by atoms with Crippen molar-refractivity contribution in [2.75, 3.05) is 27.2 Å². The Morgan fingerprint density at radius 1 is 1.33 bits per heavy atom. The number of rotatable bonds is 6. The summed E-state index contributed by atoms with van der Waals surface area (Å²) in [6, 6.07) is 0. The predicted molar refractivity (Wildman–Crippen MR) is 62.6 cm³/mol. The first-order valence-electron chi connectivity index (χ1n) is 5.50. The van der Waals surface area contributed by atoms with Crippen LogP contribution in [0.1, 0.15) is 33.6 Å². The van der Waals surface area contributed by atoms with Crippen LogP contribution >= 0.6 is 0 Å². The SMILES string of the molecule is CN(C)CCCC(C[N+](=O)[O-])C(C)(C)C. The molecule has 0 aromatic carbocycles. The van der Waals surface area contributed by atoms with E-state index >= 15 is 0 Å². The lowest BCUT2D eigenvalue weighted by molar-refractivity contribution is -0.491. The molecule has 15 heavy (non-hydrogen) atoms. The summed E-state index contributed by atoms with van der Waals surface area (Å²) in [4.78, 5) is 12.5. The summed E-state index contributed by atoms with van der Waals surface area (Å²) in [6.45, 7) is 7.34. The molecule has 90 valence electrons. The monoisotopic (exact) mass is 216 g/mol. The van der Waals surface area contributed by atoms with Crippen molar-refractivity contribution in [1.82, 2.24) is 4.90 Å². The van der Waals surface area contributed by atoms with E-state index in [0.717, 1.165) is 19.4 Å². The van der Waals surface area contributed by atoms with Crippen LogP contribution in [0.15, 0.2) is 0 Å². The van der Waals surface area contributed by atoms with Crippen molar-refractivity contribution in [2.24, 2.45) is 11.3 Å². The molecule has 0 heterocycles. The zero-order valence-corrected chi connectivity index (χ0v) is 10.6. The largest absolute Gasteiger partial charge is 0.309 e. The molecule has 0 aromatic rings. The van der Waals surface area contributed by atoms with E-state index in [0.29, 0.717) is 0 Å². The molecule has 0 saturated heterocycles. The van der Waals surface area contributed by atoms with Gasteiger partial charge in [-0.1, -0.05) is 20.8 Å². The fourth-order valence-electron chi connectivity index (χ4n) is 1.63. The Balaban J connectivity index is 4.09. The molecule has 0 aromatic heterocycles. The highest BCUT2D eigenvalue weighted by molar-refractivity contribution is 4.73. The van der Waals surface area contributed by atoms with Crippen LogP contribution in [-0.2, 0) is 0 Å². The van der Waals surface area contributed by atoms with E-state index in [4.69, 9.17) is 0 Å². The standard InChI is InChI=1S/C11H24N2O2/c1-11(2,3)10(9-13(14)15)7-6-8-12(4)5/h10H,6-9H2,1-5H3. The van der Waals surface area contributed by atoms with Crippen LogP contribution in [0.4, 0.5) is 0 Å². The summed E-state index contributed by atoms with van der Waals surface area (Å²) in [5.41, 5.74) is 0.0272. The van der Waals surface area contributed by atoms with Gasteiger partial charge in [-0.05, 0) is 38.9 Å². The highest BCUT2D eigenvalue weighted by Gasteiger charge is 2.28. The first kappa shape index (κ1) is 14.4. The second-order valence-corrected chi connectivity index (χ2v) is 5.52. The Morgan fingerprint density at radius 3 is 2.20 bits per heavy atom. The molecule has 0 N–H and O–H groups in total. The van der Waals surface area contributed by atoms with Crippen LogP contribution in [0.5, 0.6) is 0 Å². The fraction of sp³-hybridized carbons (Fsp3) is 1.00. The highest BCUT2D eigenvalue weighted by Crippen LogP contribution is 2.29. The van der Waals surface area contributed by atoms with Crippen LogP contribution in [-0.4, -0.2) is 37.0 Å². The summed E-state index contributed by atoms with van der Waals surface area (Å²) in [7, 11) is 4.05. The molecule has 0 aliphatic carbocycles. The van der Waals surface area contributed by atoms with E-state index < -0.39 is 0 Å². The molecule has 0 saturated carbocycles. The van der Waals surface area contributed by atoms with Crippen molar-refractivity contribution in [3.63, 3.8) is 0 Å². The van der Waals surface area contributed by atoms with Gasteiger partial charge >= 0.3 is 0 Å². The van der Waals surface area contributed by atoms with Crippen molar-refractivity contribution >= 4 is 0 Å². The molecule has 1 unspecified atom stereocenters. The first-order valence-corrected chi connectivity index (χ1v) is 5.50. The van der Waals surface area contributed by atoms with Gasteiger partial charge in [0.05, 0.1) is 0 Å². The summed E-state index contributed by atoms with van der Waals surface area (Å²) in [5.74, 6) is 0.174. The zero-order chi connectivity index (χ0) is 12.1. The smallest absolute Gasteiger partial charge is 0.207 e. The summed E-state index contributed by atoms with van der Waals surface area (Å²) in [6.07, 6.45) is 1.96. The normalized spacial score (nSPS) is 14.3. The summed E-state index contributed by atoms with van der Waals surface area (Å²) >= 11 is 0. The van der Waals surface area contributed by atoms with Gasteiger partial charge in [0.1, 0.15) is 0 Å². The van der Waals surface area contributed by atoms with Crippen molar-refractivity contribution in [3.05, 3.63) is 10.1 Å². The van der Waals surface area contributed by atoms with Crippen molar-refractivity contribution in [3.8, 4) is 0 Å². The Hall–Kier alpha value is -0.640. The Bertz CT molecular complexity index is 197. The lowest BCUT2D eigenvalue weighted by Gasteiger charge is -2.27. The molecule has 0 rings (SSSR count). The van der Waals surface area contributed by atoms with Gasteiger partial charge in [-0.2, -0.15) is 0 Å². The van der Waals surface area contributed by atoms with Crippen molar-refractivity contribution in [2.45, 2.75) is 33.6 Å². The quantitative estimate of drug-likeness (QED) is 0.505. The maximum atomic E-state index is 10.5. The van der Waals surface area contributed by atoms with Gasteiger partial charge in [0.2, 0.25) is 6.54 Å². The van der Waals surface area contributed by atoms with Gasteiger partial charge in [0.15, 0.2) is 0 Å². The fourth-order valence-corrected chi connectivity index (χ4v) is 1.63. The molecule has 0 aliphatic rings. The third-order valence-corrected chi connectivity index (χ3v) is 2.75. The topological polar surface area (TPSA) is 46.4 Å². The zero-order valence-electron chi connectivity index (χ0n) is 10.6. The number of nitrogens with zero attached hydrogens (tertiary/aromatic N) is 2. The first-order chi connectivity index (χ1) is 6.73. The van der Waals surface area contributed by atoms with Gasteiger partial charge in [-0.3, -0.25) is 10.1 Å². The van der Waals surface area contributed by atoms with E-state index in [-0.39, 0.29) is 22.8 Å². The second-order valence-electron chi connectivity index (χ2n) is 5.52. The molecule has 0 aliphatic heterocycles. The highest BCUT2D eigenvalue weighted by atomic mass is 16.6. The maximum absolute atomic E-state index is 10.5. The third-order valence-electron chi connectivity index (χ3n) is 2.75. The molecule has 1 atom stereocenters. The third kappa shape index (κ3) is 7.31. The number of nitro groups is 1. The average molecular weight is 216 g/mol. The molecule has 0 bridgehead atoms. The van der Waals surface area contributed by atoms with Gasteiger partial charge in [-0.15, -0.1) is 0 Å². The van der Waals surface area contributed by atoms with E-state index in [1.54, 1.807) is 0 Å². The van der Waals surface area contributed by atoms with Gasteiger partial charge in [0.25, 0.3) is 0 Å². The molecule has 0 fully saturated rings. The molecule has 0 spiro atoms. The van der Waals surface area contributed by atoms with Gasteiger partial charge in [-0.25, -0.2) is 0 Å². The van der Waals surface area contributed by atoms with Gasteiger partial charge in [0, 0.05) is 10.8 Å². The second kappa shape index (κ2) is 6.05. The van der Waals surface area contributed by atoms with Crippen LogP contribution in [0.3, 0.4) is 0 Å². The van der Waals surface area contributed by atoms with E-state index in [2.05, 4.69) is 25.7 Å². The van der Waals surface area contributed by atoms with E-state index in [1.165, 1.54) is 0 Å². The van der Waals surface area contributed by atoms with Gasteiger partial charge < -0.3 is 4.90 Å². The molecule has 0 amide bonds. The van der Waals surface area contributed by atoms with Crippen LogP contribution in [0, 0.1) is 21.4 Å². The Labute approximate surface area is 92.8 Å². The van der Waals surface area contributed by atoms with Crippen molar-refractivity contribution < 1.29 is 4.92 Å². The lowest BCUT2D eigenvalue weighted by atomic mass is 9.78. The summed E-state index contributed by atoms with van der Waals surface area (Å²) in [5, 5.41) is 10.5. The van der Waals surface area contributed by atoms with Crippen LogP contribution in [0.2, 0.25) is 0 Å². The minimum absolute atomic E-state index is 0.0272. The predicted octanol–water partition coefficient (Wildman–Crippen LogP) is 2.27. The lowest BCUT2D eigenvalue weighted by Crippen LogP contribution is -2.28. The van der Waals surface area contributed by atoms with E-state index in [1.807, 2.05) is 14.1 Å². The molecule has 4 heteroatoms. The Kier molecular flexibility index (Phi) is 5.80. The van der Waals surface area contributed by atoms with Crippen molar-refractivity contribution in [1.29, 1.82) is 0 Å². The van der Waals surface area contributed by atoms with Crippen LogP contribution in [0.25, 0.3) is 0 Å². The van der Waals surface area contributed by atoms with E-state index in [9.17, 15) is 10.1 Å². The minimum Gasteiger partial charge on any atom is -0.309 e. The minimum atomic E-state index is -0.189. The molecule has 0 radical (unpaired) electrons. The molecular formula is C11H24N2O2. The molecular weight excluding hydrogens is 192 g/mol. The molecule has 4 nitrogen and oxygen atoms in total. The Morgan fingerprint density at radius 2 is 1.87 bits per heavy atom. The number of hydrogen-bond donors (Lipinski definition) is 0. The number of hydrogen-bond acceptors (Lipinski definition) is 3. The van der Waals surface area contributed by atoms with Crippen LogP contribution < -0.4 is 0 Å². The average Bonchev–Trinajstić information content (AvgIpc) is 1.99. The maximum Gasteiger partial charge on any atom is 0.207 e. The summed E-state index contributed by atoms with van der Waals surface area (Å²) < 4.78 is 0.